The number of thiazole rings is 1. The van der Waals surface area contributed by atoms with Crippen LogP contribution in [-0.4, -0.2) is 47.0 Å². The van der Waals surface area contributed by atoms with Crippen LogP contribution < -0.4 is 4.90 Å². The average Bonchev–Trinajstić information content (AvgIpc) is 3.13. The molecule has 0 aliphatic carbocycles. The fraction of sp³-hybridized carbons (Fsp3) is 0.286. The van der Waals surface area contributed by atoms with Gasteiger partial charge >= 0.3 is 0 Å². The van der Waals surface area contributed by atoms with Gasteiger partial charge in [0, 0.05) is 55.1 Å². The second kappa shape index (κ2) is 7.88. The van der Waals surface area contributed by atoms with Crippen LogP contribution in [0.2, 0.25) is 0 Å². The molecule has 1 fully saturated rings. The summed E-state index contributed by atoms with van der Waals surface area (Å²) < 4.78 is 0. The molecule has 5 nitrogen and oxygen atoms in total. The zero-order valence-corrected chi connectivity index (χ0v) is 16.2. The average molecular weight is 379 g/mol. The molecule has 0 saturated carbocycles. The van der Waals surface area contributed by atoms with E-state index in [9.17, 15) is 4.79 Å². The molecule has 3 heterocycles. The maximum atomic E-state index is 13.2. The maximum absolute atomic E-state index is 13.2. The van der Waals surface area contributed by atoms with Crippen LogP contribution in [0.15, 0.2) is 54.2 Å². The predicted molar refractivity (Wildman–Crippen MR) is 109 cm³/mol. The zero-order chi connectivity index (χ0) is 18.6. The first kappa shape index (κ1) is 17.7. The number of benzene rings is 1. The molecular formula is C21H22N4OS. The molecule has 0 radical (unpaired) electrons. The van der Waals surface area contributed by atoms with Crippen molar-refractivity contribution in [3.05, 3.63) is 65.3 Å². The lowest BCUT2D eigenvalue weighted by molar-refractivity contribution is 0.0766. The minimum absolute atomic E-state index is 0.103. The highest BCUT2D eigenvalue weighted by Gasteiger charge is 2.23. The number of hydrogen-bond acceptors (Lipinski definition) is 5. The van der Waals surface area contributed by atoms with Gasteiger partial charge in [-0.2, -0.15) is 0 Å². The molecule has 0 unspecified atom stereocenters. The van der Waals surface area contributed by atoms with E-state index in [4.69, 9.17) is 0 Å². The molecule has 1 aliphatic rings. The van der Waals surface area contributed by atoms with Gasteiger partial charge in [-0.1, -0.05) is 18.2 Å². The summed E-state index contributed by atoms with van der Waals surface area (Å²) in [5, 5.41) is 3.04. The SMILES string of the molecule is Cc1c(C(=O)N2CCCN(c3nccs3)CC2)cccc1-c1ccccn1. The van der Waals surface area contributed by atoms with Crippen LogP contribution in [0.4, 0.5) is 5.13 Å². The summed E-state index contributed by atoms with van der Waals surface area (Å²) in [4.78, 5) is 26.3. The molecule has 0 bridgehead atoms. The van der Waals surface area contributed by atoms with E-state index in [2.05, 4.69) is 14.9 Å². The van der Waals surface area contributed by atoms with Crippen LogP contribution >= 0.6 is 11.3 Å². The number of aromatic nitrogens is 2. The van der Waals surface area contributed by atoms with Crippen molar-refractivity contribution in [2.24, 2.45) is 0 Å². The number of carbonyl (C=O) groups excluding carboxylic acids is 1. The van der Waals surface area contributed by atoms with Crippen LogP contribution in [-0.2, 0) is 0 Å². The van der Waals surface area contributed by atoms with Crippen molar-refractivity contribution in [1.29, 1.82) is 0 Å². The molecule has 0 N–H and O–H groups in total. The Kier molecular flexibility index (Phi) is 5.16. The fourth-order valence-electron chi connectivity index (χ4n) is 3.52. The molecule has 3 aromatic rings. The number of anilines is 1. The van der Waals surface area contributed by atoms with Crippen molar-refractivity contribution in [2.75, 3.05) is 31.1 Å². The molecule has 27 heavy (non-hydrogen) atoms. The van der Waals surface area contributed by atoms with Crippen molar-refractivity contribution in [1.82, 2.24) is 14.9 Å². The van der Waals surface area contributed by atoms with Gasteiger partial charge in [-0.3, -0.25) is 9.78 Å². The Morgan fingerprint density at radius 2 is 1.93 bits per heavy atom. The monoisotopic (exact) mass is 378 g/mol. The van der Waals surface area contributed by atoms with Crippen molar-refractivity contribution < 1.29 is 4.79 Å². The number of pyridine rings is 1. The second-order valence-electron chi connectivity index (χ2n) is 6.64. The van der Waals surface area contributed by atoms with E-state index >= 15 is 0 Å². The highest BCUT2D eigenvalue weighted by atomic mass is 32.1. The molecule has 1 saturated heterocycles. The lowest BCUT2D eigenvalue weighted by Crippen LogP contribution is -2.35. The Bertz CT molecular complexity index is 911. The van der Waals surface area contributed by atoms with Crippen LogP contribution in [0.1, 0.15) is 22.3 Å². The maximum Gasteiger partial charge on any atom is 0.254 e. The molecule has 6 heteroatoms. The first-order chi connectivity index (χ1) is 13.2. The first-order valence-electron chi connectivity index (χ1n) is 9.19. The molecule has 1 amide bonds. The quantitative estimate of drug-likeness (QED) is 0.694. The van der Waals surface area contributed by atoms with Gasteiger partial charge in [-0.05, 0) is 37.1 Å². The second-order valence-corrected chi connectivity index (χ2v) is 7.51. The summed E-state index contributed by atoms with van der Waals surface area (Å²) in [7, 11) is 0. The highest BCUT2D eigenvalue weighted by molar-refractivity contribution is 7.13. The third-order valence-corrected chi connectivity index (χ3v) is 5.81. The Labute approximate surface area is 163 Å². The smallest absolute Gasteiger partial charge is 0.254 e. The minimum Gasteiger partial charge on any atom is -0.346 e. The largest absolute Gasteiger partial charge is 0.346 e. The van der Waals surface area contributed by atoms with Crippen molar-refractivity contribution in [3.63, 3.8) is 0 Å². The van der Waals surface area contributed by atoms with Crippen LogP contribution in [0.3, 0.4) is 0 Å². The number of amides is 1. The van der Waals surface area contributed by atoms with Gasteiger partial charge in [0.2, 0.25) is 0 Å². The zero-order valence-electron chi connectivity index (χ0n) is 15.3. The molecule has 4 rings (SSSR count). The summed E-state index contributed by atoms with van der Waals surface area (Å²) in [6.45, 7) is 5.25. The number of nitrogens with zero attached hydrogens (tertiary/aromatic N) is 4. The molecule has 2 aromatic heterocycles. The van der Waals surface area contributed by atoms with Gasteiger partial charge in [0.15, 0.2) is 5.13 Å². The van der Waals surface area contributed by atoms with Crippen LogP contribution in [0.25, 0.3) is 11.3 Å². The van der Waals surface area contributed by atoms with Gasteiger partial charge in [0.25, 0.3) is 5.91 Å². The van der Waals surface area contributed by atoms with Crippen LogP contribution in [0.5, 0.6) is 0 Å². The number of hydrogen-bond donors (Lipinski definition) is 0. The molecular weight excluding hydrogens is 356 g/mol. The normalized spacial score (nSPS) is 14.9. The van der Waals surface area contributed by atoms with Gasteiger partial charge in [-0.15, -0.1) is 11.3 Å². The summed E-state index contributed by atoms with van der Waals surface area (Å²) in [6.07, 6.45) is 4.57. The third kappa shape index (κ3) is 3.71. The minimum atomic E-state index is 0.103. The summed E-state index contributed by atoms with van der Waals surface area (Å²) in [5.74, 6) is 0.103. The predicted octanol–water partition coefficient (Wildman–Crippen LogP) is 3.87. The Hall–Kier alpha value is -2.73. The molecule has 0 atom stereocenters. The van der Waals surface area contributed by atoms with E-state index < -0.39 is 0 Å². The first-order valence-corrected chi connectivity index (χ1v) is 10.1. The van der Waals surface area contributed by atoms with Gasteiger partial charge < -0.3 is 9.80 Å². The molecule has 0 spiro atoms. The van der Waals surface area contributed by atoms with Crippen LogP contribution in [0, 0.1) is 6.92 Å². The highest BCUT2D eigenvalue weighted by Crippen LogP contribution is 2.25. The van der Waals surface area contributed by atoms with E-state index in [1.807, 2.05) is 59.8 Å². The van der Waals surface area contributed by atoms with E-state index in [0.29, 0.717) is 6.54 Å². The Morgan fingerprint density at radius 3 is 2.70 bits per heavy atom. The third-order valence-electron chi connectivity index (χ3n) is 4.98. The lowest BCUT2D eigenvalue weighted by atomic mass is 9.98. The fourth-order valence-corrected chi connectivity index (χ4v) is 4.22. The summed E-state index contributed by atoms with van der Waals surface area (Å²) >= 11 is 1.65. The molecule has 1 aliphatic heterocycles. The topological polar surface area (TPSA) is 49.3 Å². The van der Waals surface area contributed by atoms with E-state index in [1.54, 1.807) is 17.5 Å². The van der Waals surface area contributed by atoms with Gasteiger partial charge in [0.1, 0.15) is 0 Å². The van der Waals surface area contributed by atoms with E-state index in [-0.39, 0.29) is 5.91 Å². The summed E-state index contributed by atoms with van der Waals surface area (Å²) in [5.41, 5.74) is 3.67. The molecule has 138 valence electrons. The Balaban J connectivity index is 1.55. The lowest BCUT2D eigenvalue weighted by Gasteiger charge is -2.23. The van der Waals surface area contributed by atoms with Crippen molar-refractivity contribution >= 4 is 22.4 Å². The number of rotatable bonds is 3. The van der Waals surface area contributed by atoms with Crippen molar-refractivity contribution in [2.45, 2.75) is 13.3 Å². The van der Waals surface area contributed by atoms with Crippen molar-refractivity contribution in [3.8, 4) is 11.3 Å². The van der Waals surface area contributed by atoms with Gasteiger partial charge in [0.05, 0.1) is 5.69 Å². The molecule has 1 aromatic carbocycles. The van der Waals surface area contributed by atoms with E-state index in [0.717, 1.165) is 53.6 Å². The number of carbonyl (C=O) groups is 1. The standard InChI is InChI=1S/C21H22N4OS/c1-16-17(19-8-2-3-9-22-19)6-4-7-18(16)20(26)24-11-5-12-25(14-13-24)21-23-10-15-27-21/h2-4,6-10,15H,5,11-14H2,1H3. The van der Waals surface area contributed by atoms with Gasteiger partial charge in [-0.25, -0.2) is 4.98 Å². The Morgan fingerprint density at radius 1 is 1.00 bits per heavy atom. The van der Waals surface area contributed by atoms with E-state index in [1.165, 1.54) is 0 Å². The summed E-state index contributed by atoms with van der Waals surface area (Å²) in [6, 6.07) is 11.8.